The van der Waals surface area contributed by atoms with Crippen molar-refractivity contribution in [2.24, 2.45) is 5.92 Å². The van der Waals surface area contributed by atoms with Crippen LogP contribution in [0.1, 0.15) is 60.1 Å². The highest BCUT2D eigenvalue weighted by Gasteiger charge is 2.44. The number of fused-ring (bicyclic) bond motifs is 3. The Morgan fingerprint density at radius 1 is 0.952 bits per heavy atom. The lowest BCUT2D eigenvalue weighted by atomic mass is 9.76. The number of halogens is 3. The lowest BCUT2D eigenvalue weighted by Crippen LogP contribution is -2.47. The van der Waals surface area contributed by atoms with Gasteiger partial charge in [0.05, 0.1) is 43.6 Å². The molecule has 3 aliphatic heterocycles. The molecule has 0 aromatic heterocycles. The van der Waals surface area contributed by atoms with Crippen molar-refractivity contribution in [3.05, 3.63) is 89.0 Å². The maximum Gasteiger partial charge on any atom is 0.416 e. The van der Waals surface area contributed by atoms with Gasteiger partial charge in [0.1, 0.15) is 0 Å². The number of hydrogen-bond donors (Lipinski definition) is 2. The summed E-state index contributed by atoms with van der Waals surface area (Å²) in [5.74, 6) is 1.21. The molecule has 0 spiro atoms. The average Bonchev–Trinajstić information content (AvgIpc) is 3.01. The molecule has 2 N–H and O–H groups in total. The molecular formula is C33H37F3N2O4. The fourth-order valence-electron chi connectivity index (χ4n) is 6.86. The summed E-state index contributed by atoms with van der Waals surface area (Å²) in [7, 11) is 3.16. The Labute approximate surface area is 244 Å². The number of piperidine rings is 1. The molecule has 6 rings (SSSR count). The molecule has 0 radical (unpaired) electrons. The fraction of sp³-hybridized carbons (Fsp3) is 0.455. The van der Waals surface area contributed by atoms with Crippen molar-refractivity contribution in [2.75, 3.05) is 39.2 Å². The van der Waals surface area contributed by atoms with Crippen LogP contribution in [0.2, 0.25) is 0 Å². The highest BCUT2D eigenvalue weighted by atomic mass is 19.4. The van der Waals surface area contributed by atoms with Gasteiger partial charge in [0.2, 0.25) is 0 Å². The lowest BCUT2D eigenvalue weighted by Gasteiger charge is -2.47. The van der Waals surface area contributed by atoms with E-state index in [4.69, 9.17) is 14.2 Å². The average molecular weight is 583 g/mol. The van der Waals surface area contributed by atoms with Gasteiger partial charge in [-0.3, -0.25) is 0 Å². The van der Waals surface area contributed by atoms with Gasteiger partial charge < -0.3 is 29.5 Å². The topological polar surface area (TPSA) is 63.2 Å². The summed E-state index contributed by atoms with van der Waals surface area (Å²) in [4.78, 5) is 2.29. The van der Waals surface area contributed by atoms with E-state index in [0.717, 1.165) is 30.0 Å². The van der Waals surface area contributed by atoms with E-state index < -0.39 is 23.4 Å². The summed E-state index contributed by atoms with van der Waals surface area (Å²) in [6.45, 7) is 2.03. The minimum absolute atomic E-state index is 0.0103. The largest absolute Gasteiger partial charge is 0.493 e. The van der Waals surface area contributed by atoms with Gasteiger partial charge >= 0.3 is 6.18 Å². The Kier molecular flexibility index (Phi) is 7.85. The molecule has 3 aliphatic rings. The van der Waals surface area contributed by atoms with Gasteiger partial charge in [-0.05, 0) is 67.1 Å². The quantitative estimate of drug-likeness (QED) is 0.337. The Balaban J connectivity index is 1.18. The minimum Gasteiger partial charge on any atom is -0.493 e. The highest BCUT2D eigenvalue weighted by molar-refractivity contribution is 5.58. The number of methoxy groups -OCH3 is 2. The standard InChI is InChI=1S/C33H37F3N2O4/c1-40-28-13-9-22(19-29(28)41-2)32(39)14-16-38(17-15-32)20-24-10-11-25-30(21-6-4-3-5-7-21)37-27-12-8-23(33(34,35)36)18-26(27)31(25)42-24/h3-9,12-13,18-19,24-25,30-31,37,39H,10-11,14-17,20H2,1-2H3/t24-,25+,30+,31+/m1/s1. The predicted octanol–water partition coefficient (Wildman–Crippen LogP) is 6.71. The molecule has 3 aromatic rings. The summed E-state index contributed by atoms with van der Waals surface area (Å²) in [5.41, 5.74) is 1.54. The molecule has 9 heteroatoms. The van der Waals surface area contributed by atoms with Gasteiger partial charge in [0, 0.05) is 36.8 Å². The van der Waals surface area contributed by atoms with Crippen LogP contribution in [0.4, 0.5) is 18.9 Å². The van der Waals surface area contributed by atoms with Crippen LogP contribution >= 0.6 is 0 Å². The minimum atomic E-state index is -4.42. The second kappa shape index (κ2) is 11.4. The molecule has 0 amide bonds. The second-order valence-electron chi connectivity index (χ2n) is 11.7. The molecule has 224 valence electrons. The summed E-state index contributed by atoms with van der Waals surface area (Å²) in [5, 5.41) is 15.0. The van der Waals surface area contributed by atoms with E-state index in [-0.39, 0.29) is 18.1 Å². The van der Waals surface area contributed by atoms with Crippen LogP contribution in [0.25, 0.3) is 0 Å². The number of anilines is 1. The van der Waals surface area contributed by atoms with Crippen LogP contribution in [-0.4, -0.2) is 50.0 Å². The number of benzene rings is 3. The first-order valence-electron chi connectivity index (χ1n) is 14.5. The van der Waals surface area contributed by atoms with E-state index in [2.05, 4.69) is 22.3 Å². The van der Waals surface area contributed by atoms with Crippen molar-refractivity contribution >= 4 is 5.69 Å². The van der Waals surface area contributed by atoms with Crippen molar-refractivity contribution in [2.45, 2.75) is 55.7 Å². The summed E-state index contributed by atoms with van der Waals surface area (Å²) < 4.78 is 58.5. The summed E-state index contributed by atoms with van der Waals surface area (Å²) in [6.07, 6.45) is -2.22. The normalized spacial score (nSPS) is 25.6. The number of hydrogen-bond acceptors (Lipinski definition) is 6. The van der Waals surface area contributed by atoms with Crippen molar-refractivity contribution < 1.29 is 32.5 Å². The van der Waals surface area contributed by atoms with Crippen molar-refractivity contribution in [3.63, 3.8) is 0 Å². The first-order valence-corrected chi connectivity index (χ1v) is 14.5. The zero-order valence-electron chi connectivity index (χ0n) is 23.9. The van der Waals surface area contributed by atoms with Gasteiger partial charge in [0.25, 0.3) is 0 Å². The summed E-state index contributed by atoms with van der Waals surface area (Å²) >= 11 is 0. The van der Waals surface area contributed by atoms with Crippen LogP contribution in [0.5, 0.6) is 11.5 Å². The number of ether oxygens (including phenoxy) is 3. The Bertz CT molecular complexity index is 1390. The van der Waals surface area contributed by atoms with Gasteiger partial charge in [0.15, 0.2) is 11.5 Å². The van der Waals surface area contributed by atoms with Crippen LogP contribution < -0.4 is 14.8 Å². The number of nitrogens with zero attached hydrogens (tertiary/aromatic N) is 1. The third-order valence-corrected chi connectivity index (χ3v) is 9.20. The van der Waals surface area contributed by atoms with Crippen molar-refractivity contribution in [1.29, 1.82) is 0 Å². The van der Waals surface area contributed by atoms with Crippen LogP contribution in [0.3, 0.4) is 0 Å². The molecule has 42 heavy (non-hydrogen) atoms. The molecule has 6 nitrogen and oxygen atoms in total. The van der Waals surface area contributed by atoms with E-state index in [0.29, 0.717) is 55.2 Å². The molecule has 0 aliphatic carbocycles. The van der Waals surface area contributed by atoms with E-state index in [1.54, 1.807) is 14.2 Å². The van der Waals surface area contributed by atoms with Gasteiger partial charge in [-0.15, -0.1) is 0 Å². The molecule has 0 unspecified atom stereocenters. The third kappa shape index (κ3) is 5.57. The van der Waals surface area contributed by atoms with E-state index in [1.165, 1.54) is 12.1 Å². The van der Waals surface area contributed by atoms with E-state index in [1.807, 2.05) is 36.4 Å². The Morgan fingerprint density at radius 3 is 2.38 bits per heavy atom. The molecule has 4 atom stereocenters. The first kappa shape index (κ1) is 28.8. The van der Waals surface area contributed by atoms with Gasteiger partial charge in [-0.2, -0.15) is 13.2 Å². The molecular weight excluding hydrogens is 545 g/mol. The van der Waals surface area contributed by atoms with Crippen LogP contribution in [0.15, 0.2) is 66.7 Å². The number of aliphatic hydroxyl groups is 1. The van der Waals surface area contributed by atoms with E-state index >= 15 is 0 Å². The Hall–Kier alpha value is -3.27. The van der Waals surface area contributed by atoms with Gasteiger partial charge in [-0.25, -0.2) is 0 Å². The lowest BCUT2D eigenvalue weighted by molar-refractivity contribution is -0.138. The zero-order chi connectivity index (χ0) is 29.5. The maximum absolute atomic E-state index is 13.7. The molecule has 0 saturated carbocycles. The van der Waals surface area contributed by atoms with Crippen molar-refractivity contribution in [1.82, 2.24) is 4.90 Å². The molecule has 3 aromatic carbocycles. The van der Waals surface area contributed by atoms with Crippen LogP contribution in [0, 0.1) is 5.92 Å². The monoisotopic (exact) mass is 582 g/mol. The number of alkyl halides is 3. The maximum atomic E-state index is 13.7. The highest BCUT2D eigenvalue weighted by Crippen LogP contribution is 2.51. The molecule has 0 bridgehead atoms. The number of nitrogens with one attached hydrogen (secondary N) is 1. The number of rotatable bonds is 6. The van der Waals surface area contributed by atoms with Gasteiger partial charge in [-0.1, -0.05) is 36.4 Å². The predicted molar refractivity (Wildman–Crippen MR) is 154 cm³/mol. The van der Waals surface area contributed by atoms with Crippen molar-refractivity contribution in [3.8, 4) is 11.5 Å². The molecule has 2 fully saturated rings. The smallest absolute Gasteiger partial charge is 0.416 e. The summed E-state index contributed by atoms with van der Waals surface area (Å²) in [6, 6.07) is 19.5. The number of likely N-dealkylation sites (tertiary alicyclic amines) is 1. The zero-order valence-corrected chi connectivity index (χ0v) is 23.9. The third-order valence-electron chi connectivity index (χ3n) is 9.20. The second-order valence-corrected chi connectivity index (χ2v) is 11.7. The molecule has 3 heterocycles. The first-order chi connectivity index (χ1) is 20.2. The Morgan fingerprint density at radius 2 is 1.69 bits per heavy atom. The van der Waals surface area contributed by atoms with E-state index in [9.17, 15) is 18.3 Å². The SMILES string of the molecule is COc1ccc(C2(O)CCN(C[C@H]3CC[C@@H]4[C@H](O3)c3cc(C(F)(F)F)ccc3N[C@H]4c3ccccc3)CC2)cc1OC. The van der Waals surface area contributed by atoms with Crippen LogP contribution in [-0.2, 0) is 16.5 Å². The molecule has 2 saturated heterocycles. The fourth-order valence-corrected chi connectivity index (χ4v) is 6.86.